The molecule has 0 saturated heterocycles. The lowest BCUT2D eigenvalue weighted by molar-refractivity contribution is 0.592. The third-order valence-electron chi connectivity index (χ3n) is 0.732. The molecule has 9 heavy (non-hydrogen) atoms. The number of hydrogen-bond donors (Lipinski definition) is 0. The third-order valence-corrected chi connectivity index (χ3v) is 2.20. The summed E-state index contributed by atoms with van der Waals surface area (Å²) in [6.45, 7) is 3.63. The summed E-state index contributed by atoms with van der Waals surface area (Å²) in [7, 11) is -3.19. The maximum absolute atomic E-state index is 10.6. The van der Waals surface area contributed by atoms with Gasteiger partial charge in [-0.25, -0.2) is 8.42 Å². The van der Waals surface area contributed by atoms with Gasteiger partial charge in [-0.2, -0.15) is 0 Å². The molecule has 0 aromatic rings. The first-order valence-corrected chi connectivity index (χ1v) is 4.33. The van der Waals surface area contributed by atoms with Crippen LogP contribution in [0.15, 0.2) is 0 Å². The Morgan fingerprint density at radius 2 is 2.00 bits per heavy atom. The molecule has 0 amide bonds. The molecule has 0 aliphatic carbocycles. The van der Waals surface area contributed by atoms with E-state index in [-0.39, 0.29) is 11.7 Å². The second-order valence-corrected chi connectivity index (χ2v) is 4.09. The van der Waals surface area contributed by atoms with Crippen LogP contribution in [0.25, 0.3) is 0 Å². The molecule has 0 aromatic carbocycles. The van der Waals surface area contributed by atoms with E-state index < -0.39 is 9.84 Å². The van der Waals surface area contributed by atoms with E-state index in [1.807, 2.05) is 13.8 Å². The molecule has 0 aliphatic rings. The fourth-order valence-electron chi connectivity index (χ4n) is 0.487. The number of sulfone groups is 1. The van der Waals surface area contributed by atoms with Gasteiger partial charge in [0.1, 0.15) is 0 Å². The first-order chi connectivity index (χ1) is 3.98. The largest absolute Gasteiger partial charge is 0.216 e. The van der Waals surface area contributed by atoms with Crippen LogP contribution in [0.1, 0.15) is 13.8 Å². The smallest absolute Gasteiger partial charge is 0.215 e. The molecular weight excluding hydrogens is 136 g/mol. The Bertz CT molecular complexity index is 206. The molecule has 0 fully saturated rings. The van der Waals surface area contributed by atoms with Gasteiger partial charge in [-0.1, -0.05) is 13.8 Å². The van der Waals surface area contributed by atoms with Gasteiger partial charge in [-0.3, -0.25) is 0 Å². The molecule has 0 radical (unpaired) electrons. The van der Waals surface area contributed by atoms with Gasteiger partial charge in [0.2, 0.25) is 9.84 Å². The maximum atomic E-state index is 10.6. The van der Waals surface area contributed by atoms with Crippen molar-refractivity contribution in [3.8, 4) is 11.7 Å². The molecule has 0 bridgehead atoms. The quantitative estimate of drug-likeness (QED) is 0.423. The molecule has 0 unspecified atom stereocenters. The van der Waals surface area contributed by atoms with E-state index in [1.54, 1.807) is 5.25 Å². The molecule has 2 nitrogen and oxygen atoms in total. The zero-order chi connectivity index (χ0) is 7.49. The topological polar surface area (TPSA) is 34.1 Å². The lowest BCUT2D eigenvalue weighted by Gasteiger charge is -1.97. The van der Waals surface area contributed by atoms with Gasteiger partial charge in [0.25, 0.3) is 0 Å². The summed E-state index contributed by atoms with van der Waals surface area (Å²) in [4.78, 5) is 0. The summed E-state index contributed by atoms with van der Waals surface area (Å²) in [5, 5.41) is 1.74. The SMILES string of the molecule is C#CS(=O)(=O)CC(C)C. The van der Waals surface area contributed by atoms with Crippen molar-refractivity contribution < 1.29 is 8.42 Å². The van der Waals surface area contributed by atoms with Crippen molar-refractivity contribution in [1.82, 2.24) is 0 Å². The second kappa shape index (κ2) is 2.88. The molecular formula is C6H10O2S. The van der Waals surface area contributed by atoms with E-state index in [0.29, 0.717) is 0 Å². The van der Waals surface area contributed by atoms with Crippen molar-refractivity contribution in [1.29, 1.82) is 0 Å². The van der Waals surface area contributed by atoms with Crippen molar-refractivity contribution in [2.45, 2.75) is 13.8 Å². The normalized spacial score (nSPS) is 11.3. The lowest BCUT2D eigenvalue weighted by Crippen LogP contribution is -2.07. The monoisotopic (exact) mass is 146 g/mol. The minimum absolute atomic E-state index is 0.0868. The van der Waals surface area contributed by atoms with Gasteiger partial charge in [0.15, 0.2) is 0 Å². The van der Waals surface area contributed by atoms with E-state index in [9.17, 15) is 8.42 Å². The van der Waals surface area contributed by atoms with Gasteiger partial charge in [-0.15, -0.1) is 6.42 Å². The van der Waals surface area contributed by atoms with Crippen molar-refractivity contribution in [2.75, 3.05) is 5.75 Å². The molecule has 0 spiro atoms. The second-order valence-electron chi connectivity index (χ2n) is 2.29. The zero-order valence-corrected chi connectivity index (χ0v) is 6.40. The van der Waals surface area contributed by atoms with Crippen molar-refractivity contribution >= 4 is 9.84 Å². The van der Waals surface area contributed by atoms with E-state index in [2.05, 4.69) is 0 Å². The zero-order valence-electron chi connectivity index (χ0n) is 5.59. The molecule has 0 rings (SSSR count). The minimum atomic E-state index is -3.19. The molecule has 3 heteroatoms. The fourth-order valence-corrected chi connectivity index (χ4v) is 1.46. The number of hydrogen-bond acceptors (Lipinski definition) is 2. The summed E-state index contributed by atoms with van der Waals surface area (Å²) in [5.41, 5.74) is 0. The van der Waals surface area contributed by atoms with Crippen molar-refractivity contribution in [3.63, 3.8) is 0 Å². The van der Waals surface area contributed by atoms with Crippen LogP contribution in [0.2, 0.25) is 0 Å². The van der Waals surface area contributed by atoms with E-state index in [1.165, 1.54) is 0 Å². The maximum Gasteiger partial charge on any atom is 0.216 e. The van der Waals surface area contributed by atoms with Gasteiger partial charge >= 0.3 is 0 Å². The average molecular weight is 146 g/mol. The Morgan fingerprint density at radius 3 is 2.11 bits per heavy atom. The van der Waals surface area contributed by atoms with Gasteiger partial charge < -0.3 is 0 Å². The molecule has 0 atom stereocenters. The van der Waals surface area contributed by atoms with Crippen molar-refractivity contribution in [2.24, 2.45) is 5.92 Å². The molecule has 0 heterocycles. The third kappa shape index (κ3) is 4.04. The molecule has 0 N–H and O–H groups in total. The first kappa shape index (κ1) is 8.51. The highest BCUT2D eigenvalue weighted by Crippen LogP contribution is 1.97. The Balaban J connectivity index is 4.11. The van der Waals surface area contributed by atoms with Crippen molar-refractivity contribution in [3.05, 3.63) is 0 Å². The summed E-state index contributed by atoms with van der Waals surface area (Å²) in [5.74, 6) is 0.204. The average Bonchev–Trinajstić information content (AvgIpc) is 1.63. The minimum Gasteiger partial charge on any atom is -0.215 e. The van der Waals surface area contributed by atoms with E-state index in [4.69, 9.17) is 6.42 Å². The highest BCUT2D eigenvalue weighted by molar-refractivity contribution is 7.96. The van der Waals surface area contributed by atoms with Crippen LogP contribution in [-0.2, 0) is 9.84 Å². The van der Waals surface area contributed by atoms with Crippen LogP contribution < -0.4 is 0 Å². The summed E-state index contributed by atoms with van der Waals surface area (Å²) in [6.07, 6.45) is 4.72. The van der Waals surface area contributed by atoms with Gasteiger partial charge in [0.05, 0.1) is 5.75 Å². The molecule has 0 aromatic heterocycles. The Hall–Kier alpha value is -0.490. The van der Waals surface area contributed by atoms with Crippen LogP contribution >= 0.6 is 0 Å². The lowest BCUT2D eigenvalue weighted by atomic mass is 10.3. The highest BCUT2D eigenvalue weighted by atomic mass is 32.2. The van der Waals surface area contributed by atoms with E-state index >= 15 is 0 Å². The summed E-state index contributed by atoms with van der Waals surface area (Å²) < 4.78 is 21.1. The fraction of sp³-hybridized carbons (Fsp3) is 0.667. The van der Waals surface area contributed by atoms with Crippen LogP contribution in [0, 0.1) is 17.6 Å². The molecule has 0 aliphatic heterocycles. The first-order valence-electron chi connectivity index (χ1n) is 2.68. The Morgan fingerprint density at radius 1 is 1.56 bits per heavy atom. The van der Waals surface area contributed by atoms with Crippen LogP contribution in [0.5, 0.6) is 0 Å². The Labute approximate surface area is 56.2 Å². The van der Waals surface area contributed by atoms with Crippen LogP contribution in [-0.4, -0.2) is 14.2 Å². The molecule has 52 valence electrons. The van der Waals surface area contributed by atoms with Crippen LogP contribution in [0.4, 0.5) is 0 Å². The standard InChI is InChI=1S/C6H10O2S/c1-4-9(7,8)5-6(2)3/h1,6H,5H2,2-3H3. The van der Waals surface area contributed by atoms with Gasteiger partial charge in [-0.05, 0) is 5.92 Å². The molecule has 0 saturated carbocycles. The highest BCUT2D eigenvalue weighted by Gasteiger charge is 2.07. The number of terminal acetylenes is 1. The van der Waals surface area contributed by atoms with Gasteiger partial charge in [0, 0.05) is 5.25 Å². The Kier molecular flexibility index (Phi) is 2.72. The summed E-state index contributed by atoms with van der Waals surface area (Å²) in [6, 6.07) is 0. The predicted octanol–water partition coefficient (Wildman–Crippen LogP) is 0.648. The predicted molar refractivity (Wildman–Crippen MR) is 37.5 cm³/mol. The van der Waals surface area contributed by atoms with Crippen LogP contribution in [0.3, 0.4) is 0 Å². The summed E-state index contributed by atoms with van der Waals surface area (Å²) >= 11 is 0. The number of rotatable bonds is 2. The van der Waals surface area contributed by atoms with E-state index in [0.717, 1.165) is 0 Å².